The zero-order valence-corrected chi connectivity index (χ0v) is 14.6. The molecule has 3 heterocycles. The number of nitrogens with one attached hydrogen (secondary N) is 1. The summed E-state index contributed by atoms with van der Waals surface area (Å²) in [7, 11) is 2.19. The van der Waals surface area contributed by atoms with E-state index in [4.69, 9.17) is 0 Å². The van der Waals surface area contributed by atoms with Crippen molar-refractivity contribution in [3.63, 3.8) is 0 Å². The molecule has 0 saturated heterocycles. The number of H-pyrrole nitrogens is 1. The Hall–Kier alpha value is -3.05. The average molecular weight is 341 g/mol. The predicted molar refractivity (Wildman–Crippen MR) is 102 cm³/mol. The molecule has 5 rings (SSSR count). The van der Waals surface area contributed by atoms with E-state index in [1.165, 1.54) is 22.3 Å². The Balaban J connectivity index is 1.59. The van der Waals surface area contributed by atoms with Crippen LogP contribution in [0.25, 0.3) is 22.0 Å². The summed E-state index contributed by atoms with van der Waals surface area (Å²) in [6, 6.07) is 13.3. The number of likely N-dealkylation sites (N-methyl/N-ethyl adjacent to an activating group) is 1. The molecule has 2 aromatic carbocycles. The maximum atomic E-state index is 4.14. The quantitative estimate of drug-likeness (QED) is 0.605. The van der Waals surface area contributed by atoms with Crippen LogP contribution in [0, 0.1) is 0 Å². The van der Waals surface area contributed by atoms with Crippen molar-refractivity contribution in [2.24, 2.45) is 0 Å². The summed E-state index contributed by atoms with van der Waals surface area (Å²) in [6.45, 7) is 1.98. The lowest BCUT2D eigenvalue weighted by atomic mass is 9.83. The molecule has 0 aliphatic carbocycles. The number of aromatic amines is 1. The average Bonchev–Trinajstić information content (AvgIpc) is 3.15. The monoisotopic (exact) mass is 341 g/mol. The van der Waals surface area contributed by atoms with E-state index in [9.17, 15) is 0 Å². The number of nitrogens with zero attached hydrogens (tertiary/aromatic N) is 4. The zero-order chi connectivity index (χ0) is 17.5. The van der Waals surface area contributed by atoms with E-state index in [1.54, 1.807) is 6.33 Å². The number of fused-ring (bicyclic) bond motifs is 2. The lowest BCUT2D eigenvalue weighted by Crippen LogP contribution is -2.31. The van der Waals surface area contributed by atoms with Gasteiger partial charge in [0.15, 0.2) is 0 Å². The Kier molecular flexibility index (Phi) is 3.53. The van der Waals surface area contributed by atoms with Crippen LogP contribution in [-0.2, 0) is 6.54 Å². The highest BCUT2D eigenvalue weighted by Gasteiger charge is 2.25. The summed E-state index contributed by atoms with van der Waals surface area (Å²) in [5.41, 5.74) is 7.42. The van der Waals surface area contributed by atoms with Crippen molar-refractivity contribution < 1.29 is 0 Å². The Bertz CT molecular complexity index is 1070. The minimum atomic E-state index is 0.365. The first kappa shape index (κ1) is 15.2. The van der Waals surface area contributed by atoms with Crippen molar-refractivity contribution in [3.8, 4) is 11.1 Å². The van der Waals surface area contributed by atoms with Crippen LogP contribution >= 0.6 is 0 Å². The Morgan fingerprint density at radius 3 is 2.77 bits per heavy atom. The molecule has 0 radical (unpaired) electrons. The molecular weight excluding hydrogens is 322 g/mol. The van der Waals surface area contributed by atoms with E-state index in [0.717, 1.165) is 29.6 Å². The van der Waals surface area contributed by atoms with Crippen LogP contribution in [0.15, 0.2) is 61.3 Å². The molecule has 128 valence electrons. The summed E-state index contributed by atoms with van der Waals surface area (Å²) in [5.74, 6) is 0.365. The molecule has 1 unspecified atom stereocenters. The molecule has 4 aromatic rings. The van der Waals surface area contributed by atoms with E-state index in [0.29, 0.717) is 5.92 Å². The molecule has 0 amide bonds. The van der Waals surface area contributed by atoms with E-state index in [1.807, 2.05) is 18.6 Å². The Morgan fingerprint density at radius 2 is 1.88 bits per heavy atom. The first-order valence-electron chi connectivity index (χ1n) is 8.78. The number of aromatic nitrogens is 4. The predicted octanol–water partition coefficient (Wildman–Crippen LogP) is 3.60. The van der Waals surface area contributed by atoms with Crippen LogP contribution in [0.2, 0.25) is 0 Å². The maximum absolute atomic E-state index is 4.14. The van der Waals surface area contributed by atoms with Gasteiger partial charge in [0.25, 0.3) is 0 Å². The van der Waals surface area contributed by atoms with Gasteiger partial charge in [0.05, 0.1) is 11.7 Å². The van der Waals surface area contributed by atoms with Crippen molar-refractivity contribution >= 4 is 10.9 Å². The van der Waals surface area contributed by atoms with E-state index >= 15 is 0 Å². The summed E-state index contributed by atoms with van der Waals surface area (Å²) in [6.07, 6.45) is 7.19. The van der Waals surface area contributed by atoms with E-state index in [2.05, 4.69) is 68.5 Å². The van der Waals surface area contributed by atoms with Gasteiger partial charge in [-0.05, 0) is 47.5 Å². The van der Waals surface area contributed by atoms with E-state index < -0.39 is 0 Å². The van der Waals surface area contributed by atoms with Crippen molar-refractivity contribution in [1.82, 2.24) is 25.1 Å². The topological polar surface area (TPSA) is 57.7 Å². The van der Waals surface area contributed by atoms with Gasteiger partial charge in [0.2, 0.25) is 0 Å². The lowest BCUT2D eigenvalue weighted by molar-refractivity contribution is 0.295. The highest BCUT2D eigenvalue weighted by atomic mass is 15.1. The second kappa shape index (κ2) is 6.04. The molecule has 1 N–H and O–H groups in total. The number of hydrogen-bond donors (Lipinski definition) is 1. The highest BCUT2D eigenvalue weighted by Crippen LogP contribution is 2.36. The van der Waals surface area contributed by atoms with Gasteiger partial charge in [-0.3, -0.25) is 5.10 Å². The summed E-state index contributed by atoms with van der Waals surface area (Å²) in [4.78, 5) is 10.7. The molecule has 0 saturated carbocycles. The molecule has 1 aliphatic heterocycles. The van der Waals surface area contributed by atoms with Gasteiger partial charge in [-0.1, -0.05) is 18.2 Å². The van der Waals surface area contributed by atoms with Crippen molar-refractivity contribution in [2.45, 2.75) is 12.5 Å². The minimum absolute atomic E-state index is 0.365. The smallest absolute Gasteiger partial charge is 0.115 e. The second-order valence-corrected chi connectivity index (χ2v) is 7.01. The van der Waals surface area contributed by atoms with Crippen LogP contribution in [0.3, 0.4) is 0 Å². The fourth-order valence-electron chi connectivity index (χ4n) is 3.94. The van der Waals surface area contributed by atoms with E-state index in [-0.39, 0.29) is 0 Å². The third-order valence-electron chi connectivity index (χ3n) is 5.21. The van der Waals surface area contributed by atoms with Crippen molar-refractivity contribution in [2.75, 3.05) is 13.6 Å². The third-order valence-corrected chi connectivity index (χ3v) is 5.21. The molecule has 2 aromatic heterocycles. The molecule has 0 fully saturated rings. The summed E-state index contributed by atoms with van der Waals surface area (Å²) in [5, 5.41) is 8.34. The number of rotatable bonds is 2. The molecular formula is C21H19N5. The van der Waals surface area contributed by atoms with Crippen LogP contribution in [0.1, 0.15) is 22.6 Å². The molecule has 1 atom stereocenters. The second-order valence-electron chi connectivity index (χ2n) is 7.01. The molecule has 5 heteroatoms. The van der Waals surface area contributed by atoms with Crippen molar-refractivity contribution in [3.05, 3.63) is 78.0 Å². The van der Waals surface area contributed by atoms with Crippen LogP contribution in [0.5, 0.6) is 0 Å². The first-order chi connectivity index (χ1) is 12.8. The van der Waals surface area contributed by atoms with Gasteiger partial charge < -0.3 is 4.90 Å². The molecule has 1 aliphatic rings. The van der Waals surface area contributed by atoms with Crippen LogP contribution in [-0.4, -0.2) is 38.7 Å². The lowest BCUT2D eigenvalue weighted by Gasteiger charge is -2.33. The van der Waals surface area contributed by atoms with Gasteiger partial charge in [0, 0.05) is 42.4 Å². The Labute approximate surface area is 151 Å². The summed E-state index contributed by atoms with van der Waals surface area (Å²) < 4.78 is 0. The molecule has 26 heavy (non-hydrogen) atoms. The largest absolute Gasteiger partial charge is 0.301 e. The minimum Gasteiger partial charge on any atom is -0.301 e. The standard InChI is InChI=1S/C21H19N5/c1-26-11-17-6-14(18-8-22-13-23-9-18)2-4-19(17)20(12-26)15-3-5-21-16(7-15)10-24-25-21/h2-10,13,20H,11-12H2,1H3,(H,24,25). The van der Waals surface area contributed by atoms with Gasteiger partial charge in [-0.25, -0.2) is 9.97 Å². The van der Waals surface area contributed by atoms with Crippen molar-refractivity contribution in [1.29, 1.82) is 0 Å². The fraction of sp³-hybridized carbons (Fsp3) is 0.190. The SMILES string of the molecule is CN1Cc2cc(-c3cncnc3)ccc2C(c2ccc3[nH]ncc3c2)C1. The van der Waals surface area contributed by atoms with Gasteiger partial charge in [-0.2, -0.15) is 5.10 Å². The number of hydrogen-bond acceptors (Lipinski definition) is 4. The zero-order valence-electron chi connectivity index (χ0n) is 14.6. The van der Waals surface area contributed by atoms with Gasteiger partial charge in [0.1, 0.15) is 6.33 Å². The van der Waals surface area contributed by atoms with Gasteiger partial charge in [-0.15, -0.1) is 0 Å². The van der Waals surface area contributed by atoms with Crippen LogP contribution < -0.4 is 0 Å². The molecule has 0 bridgehead atoms. The molecule has 0 spiro atoms. The number of benzene rings is 2. The third kappa shape index (κ3) is 2.57. The normalized spacial score (nSPS) is 17.3. The fourth-order valence-corrected chi connectivity index (χ4v) is 3.94. The summed E-state index contributed by atoms with van der Waals surface area (Å²) >= 11 is 0. The Morgan fingerprint density at radius 1 is 1.00 bits per heavy atom. The maximum Gasteiger partial charge on any atom is 0.115 e. The van der Waals surface area contributed by atoms with Crippen LogP contribution in [0.4, 0.5) is 0 Å². The highest BCUT2D eigenvalue weighted by molar-refractivity contribution is 5.79. The van der Waals surface area contributed by atoms with Gasteiger partial charge >= 0.3 is 0 Å². The first-order valence-corrected chi connectivity index (χ1v) is 8.78. The molecule has 5 nitrogen and oxygen atoms in total.